The Morgan fingerprint density at radius 3 is 2.80 bits per heavy atom. The molecule has 1 saturated carbocycles. The second-order valence-electron chi connectivity index (χ2n) is 5.39. The summed E-state index contributed by atoms with van der Waals surface area (Å²) in [6, 6.07) is 5.64. The number of nitrogens with one attached hydrogen (secondary N) is 1. The highest BCUT2D eigenvalue weighted by molar-refractivity contribution is 9.10. The van der Waals surface area contributed by atoms with Crippen molar-refractivity contribution in [3.05, 3.63) is 28.5 Å². The molecule has 1 fully saturated rings. The van der Waals surface area contributed by atoms with Crippen LogP contribution in [0, 0.1) is 5.92 Å². The van der Waals surface area contributed by atoms with Crippen LogP contribution in [0.4, 0.5) is 13.2 Å². The lowest BCUT2D eigenvalue weighted by Gasteiger charge is -2.29. The Labute approximate surface area is 122 Å². The summed E-state index contributed by atoms with van der Waals surface area (Å²) in [5, 5.41) is 0. The highest BCUT2D eigenvalue weighted by Crippen LogP contribution is 2.43. The highest BCUT2D eigenvalue weighted by atomic mass is 79.9. The van der Waals surface area contributed by atoms with Gasteiger partial charge in [0.15, 0.2) is 0 Å². The first-order valence-corrected chi connectivity index (χ1v) is 7.44. The summed E-state index contributed by atoms with van der Waals surface area (Å²) in [5.41, 5.74) is 1.67. The zero-order valence-corrected chi connectivity index (χ0v) is 12.3. The van der Waals surface area contributed by atoms with Crippen LogP contribution in [0.1, 0.15) is 37.4 Å². The Kier molecular flexibility index (Phi) is 3.52. The fourth-order valence-corrected chi connectivity index (χ4v) is 3.29. The van der Waals surface area contributed by atoms with Crippen LogP contribution in [0.25, 0.3) is 11.0 Å². The van der Waals surface area contributed by atoms with Crippen LogP contribution >= 0.6 is 15.9 Å². The SMILES string of the molecule is FC(F)(F)C1CCCC(c2nc3ccc(Br)cc3[nH]2)C1. The van der Waals surface area contributed by atoms with E-state index in [1.165, 1.54) is 0 Å². The molecule has 1 heterocycles. The molecule has 0 saturated heterocycles. The van der Waals surface area contributed by atoms with Gasteiger partial charge in [-0.3, -0.25) is 0 Å². The van der Waals surface area contributed by atoms with Crippen LogP contribution in [0.2, 0.25) is 0 Å². The standard InChI is InChI=1S/C14H14BrF3N2/c15-10-4-5-11-12(7-10)20-13(19-11)8-2-1-3-9(6-8)14(16,17)18/h4-5,7-9H,1-3,6H2,(H,19,20). The maximum absolute atomic E-state index is 12.9. The number of nitrogens with zero attached hydrogens (tertiary/aromatic N) is 1. The molecule has 0 bridgehead atoms. The van der Waals surface area contributed by atoms with Crippen molar-refractivity contribution in [3.63, 3.8) is 0 Å². The monoisotopic (exact) mass is 346 g/mol. The second kappa shape index (κ2) is 5.06. The fraction of sp³-hybridized carbons (Fsp3) is 0.500. The van der Waals surface area contributed by atoms with Crippen molar-refractivity contribution in [2.24, 2.45) is 5.92 Å². The molecule has 0 radical (unpaired) electrons. The molecule has 0 spiro atoms. The first-order valence-electron chi connectivity index (χ1n) is 6.65. The molecule has 0 amide bonds. The third-order valence-electron chi connectivity index (χ3n) is 3.99. The first kappa shape index (κ1) is 13.9. The third kappa shape index (κ3) is 2.71. The van der Waals surface area contributed by atoms with Crippen LogP contribution < -0.4 is 0 Å². The van der Waals surface area contributed by atoms with E-state index in [1.54, 1.807) is 0 Å². The molecule has 1 aromatic heterocycles. The van der Waals surface area contributed by atoms with Gasteiger partial charge in [0.05, 0.1) is 17.0 Å². The first-order chi connectivity index (χ1) is 9.43. The number of imidazole rings is 1. The van der Waals surface area contributed by atoms with Crippen LogP contribution in [-0.4, -0.2) is 16.1 Å². The number of fused-ring (bicyclic) bond motifs is 1. The van der Waals surface area contributed by atoms with Gasteiger partial charge in [0, 0.05) is 10.4 Å². The third-order valence-corrected chi connectivity index (χ3v) is 4.48. The zero-order valence-electron chi connectivity index (χ0n) is 10.7. The summed E-state index contributed by atoms with van der Waals surface area (Å²) in [6.45, 7) is 0. The molecule has 0 aliphatic heterocycles. The van der Waals surface area contributed by atoms with Gasteiger partial charge in [0.1, 0.15) is 5.82 Å². The molecule has 20 heavy (non-hydrogen) atoms. The van der Waals surface area contributed by atoms with E-state index in [9.17, 15) is 13.2 Å². The Morgan fingerprint density at radius 1 is 1.25 bits per heavy atom. The molecule has 1 N–H and O–H groups in total. The number of aromatic amines is 1. The molecule has 1 aliphatic rings. The van der Waals surface area contributed by atoms with Crippen molar-refractivity contribution in [1.29, 1.82) is 0 Å². The van der Waals surface area contributed by atoms with Gasteiger partial charge in [0.25, 0.3) is 0 Å². The van der Waals surface area contributed by atoms with E-state index in [-0.39, 0.29) is 18.8 Å². The zero-order chi connectivity index (χ0) is 14.3. The van der Waals surface area contributed by atoms with E-state index in [0.29, 0.717) is 12.2 Å². The largest absolute Gasteiger partial charge is 0.391 e. The van der Waals surface area contributed by atoms with E-state index < -0.39 is 12.1 Å². The molecule has 2 unspecified atom stereocenters. The van der Waals surface area contributed by atoms with Crippen molar-refractivity contribution in [1.82, 2.24) is 9.97 Å². The average molecular weight is 347 g/mol. The van der Waals surface area contributed by atoms with E-state index >= 15 is 0 Å². The number of hydrogen-bond donors (Lipinski definition) is 1. The normalized spacial score (nSPS) is 24.2. The number of benzene rings is 1. The Bertz CT molecular complexity index is 620. The number of alkyl halides is 3. The van der Waals surface area contributed by atoms with Gasteiger partial charge < -0.3 is 4.98 Å². The summed E-state index contributed by atoms with van der Waals surface area (Å²) in [7, 11) is 0. The van der Waals surface area contributed by atoms with Crippen LogP contribution in [-0.2, 0) is 0 Å². The molecule has 1 aromatic carbocycles. The quantitative estimate of drug-likeness (QED) is 0.758. The average Bonchev–Trinajstić information content (AvgIpc) is 2.81. The molecule has 1 aliphatic carbocycles. The van der Waals surface area contributed by atoms with Gasteiger partial charge in [-0.05, 0) is 37.5 Å². The molecule has 2 aromatic rings. The van der Waals surface area contributed by atoms with E-state index in [2.05, 4.69) is 25.9 Å². The van der Waals surface area contributed by atoms with Crippen molar-refractivity contribution in [3.8, 4) is 0 Å². The maximum Gasteiger partial charge on any atom is 0.391 e. The van der Waals surface area contributed by atoms with Gasteiger partial charge in [0.2, 0.25) is 0 Å². The van der Waals surface area contributed by atoms with Crippen molar-refractivity contribution in [2.75, 3.05) is 0 Å². The van der Waals surface area contributed by atoms with Gasteiger partial charge in [-0.1, -0.05) is 22.4 Å². The predicted molar refractivity (Wildman–Crippen MR) is 74.5 cm³/mol. The summed E-state index contributed by atoms with van der Waals surface area (Å²) in [4.78, 5) is 7.62. The van der Waals surface area contributed by atoms with Crippen molar-refractivity contribution < 1.29 is 13.2 Å². The lowest BCUT2D eigenvalue weighted by atomic mass is 9.80. The topological polar surface area (TPSA) is 28.7 Å². The van der Waals surface area contributed by atoms with E-state index in [0.717, 1.165) is 21.9 Å². The van der Waals surface area contributed by atoms with E-state index in [4.69, 9.17) is 0 Å². The summed E-state index contributed by atoms with van der Waals surface area (Å²) in [5.74, 6) is -0.630. The molecule has 6 heteroatoms. The minimum Gasteiger partial charge on any atom is -0.342 e. The smallest absolute Gasteiger partial charge is 0.342 e. The summed E-state index contributed by atoms with van der Waals surface area (Å²) in [6.07, 6.45) is -2.33. The highest BCUT2D eigenvalue weighted by Gasteiger charge is 2.42. The van der Waals surface area contributed by atoms with E-state index in [1.807, 2.05) is 18.2 Å². The minimum absolute atomic E-state index is 0.124. The Balaban J connectivity index is 1.87. The lowest BCUT2D eigenvalue weighted by molar-refractivity contribution is -0.183. The molecule has 3 rings (SSSR count). The number of H-pyrrole nitrogens is 1. The van der Waals surface area contributed by atoms with Gasteiger partial charge in [-0.15, -0.1) is 0 Å². The van der Waals surface area contributed by atoms with Gasteiger partial charge >= 0.3 is 6.18 Å². The lowest BCUT2D eigenvalue weighted by Crippen LogP contribution is -2.28. The molecular formula is C14H14BrF3N2. The number of hydrogen-bond acceptors (Lipinski definition) is 1. The number of rotatable bonds is 1. The minimum atomic E-state index is -4.09. The van der Waals surface area contributed by atoms with Gasteiger partial charge in [-0.2, -0.15) is 13.2 Å². The van der Waals surface area contributed by atoms with Crippen LogP contribution in [0.5, 0.6) is 0 Å². The second-order valence-corrected chi connectivity index (χ2v) is 6.30. The summed E-state index contributed by atoms with van der Waals surface area (Å²) >= 11 is 3.38. The number of halogens is 4. The van der Waals surface area contributed by atoms with Crippen LogP contribution in [0.15, 0.2) is 22.7 Å². The number of aromatic nitrogens is 2. The Morgan fingerprint density at radius 2 is 2.05 bits per heavy atom. The molecule has 2 nitrogen and oxygen atoms in total. The van der Waals surface area contributed by atoms with Gasteiger partial charge in [-0.25, -0.2) is 4.98 Å². The molecular weight excluding hydrogens is 333 g/mol. The van der Waals surface area contributed by atoms with Crippen LogP contribution in [0.3, 0.4) is 0 Å². The molecule has 2 atom stereocenters. The molecule has 108 valence electrons. The van der Waals surface area contributed by atoms with Crippen molar-refractivity contribution in [2.45, 2.75) is 37.8 Å². The predicted octanol–water partition coefficient (Wildman–Crippen LogP) is 5.16. The summed E-state index contributed by atoms with van der Waals surface area (Å²) < 4.78 is 39.5. The fourth-order valence-electron chi connectivity index (χ4n) is 2.93. The maximum atomic E-state index is 12.9. The van der Waals surface area contributed by atoms with Crippen molar-refractivity contribution >= 4 is 27.0 Å². The Hall–Kier alpha value is -1.04.